The summed E-state index contributed by atoms with van der Waals surface area (Å²) >= 11 is 1.61. The highest BCUT2D eigenvalue weighted by Crippen LogP contribution is 2.43. The first-order chi connectivity index (χ1) is 13.0. The van der Waals surface area contributed by atoms with Crippen molar-refractivity contribution in [2.45, 2.75) is 31.7 Å². The molecule has 0 fully saturated rings. The molecule has 0 aliphatic heterocycles. The molecule has 0 bridgehead atoms. The molecule has 0 unspecified atom stereocenters. The molecule has 0 saturated heterocycles. The number of hydrogen-bond acceptors (Lipinski definition) is 4. The molecule has 4 nitrogen and oxygen atoms in total. The maximum absolute atomic E-state index is 13.0. The Morgan fingerprint density at radius 1 is 1.15 bits per heavy atom. The lowest BCUT2D eigenvalue weighted by atomic mass is 9.76. The smallest absolute Gasteiger partial charge is 0.167 e. The number of para-hydroxylation sites is 1. The fourth-order valence-corrected chi connectivity index (χ4v) is 4.15. The van der Waals surface area contributed by atoms with Gasteiger partial charge in [-0.3, -0.25) is 4.79 Å². The lowest BCUT2D eigenvalue weighted by Crippen LogP contribution is -2.26. The van der Waals surface area contributed by atoms with Crippen LogP contribution in [0.5, 0.6) is 0 Å². The van der Waals surface area contributed by atoms with Gasteiger partial charge in [0.15, 0.2) is 5.78 Å². The Morgan fingerprint density at radius 3 is 2.67 bits per heavy atom. The molecule has 1 aliphatic rings. The third-order valence-corrected chi connectivity index (χ3v) is 5.57. The summed E-state index contributed by atoms with van der Waals surface area (Å²) in [5, 5.41) is 4.45. The van der Waals surface area contributed by atoms with Gasteiger partial charge in [-0.15, -0.1) is 11.8 Å². The van der Waals surface area contributed by atoms with Crippen LogP contribution in [-0.2, 0) is 6.42 Å². The minimum Gasteiger partial charge on any atom is -0.356 e. The number of fused-ring (bicyclic) bond motifs is 1. The molecule has 138 valence electrons. The van der Waals surface area contributed by atoms with E-state index in [2.05, 4.69) is 35.2 Å². The molecule has 0 saturated carbocycles. The molecule has 3 aromatic rings. The lowest BCUT2D eigenvalue weighted by Gasteiger charge is -2.28. The van der Waals surface area contributed by atoms with Crippen LogP contribution in [0.1, 0.15) is 36.3 Å². The van der Waals surface area contributed by atoms with Gasteiger partial charge in [0.25, 0.3) is 0 Å². The number of Topliss-reactive ketones (excluding diaryl/α,β-unsaturated/α-hetero) is 1. The monoisotopic (exact) mass is 377 g/mol. The van der Waals surface area contributed by atoms with E-state index in [0.717, 1.165) is 45.3 Å². The Balaban J connectivity index is 1.88. The number of H-pyrrole nitrogens is 1. The SMILES string of the molecule is CSc1cc(-c2[nH]c3c(c2Nc2ccccc2)C(=O)CC(C)(C)C3)ccn1. The summed E-state index contributed by atoms with van der Waals surface area (Å²) in [6, 6.07) is 14.0. The average Bonchev–Trinajstić information content (AvgIpc) is 2.99. The summed E-state index contributed by atoms with van der Waals surface area (Å²) in [5.41, 5.74) is 5.62. The van der Waals surface area contributed by atoms with E-state index in [-0.39, 0.29) is 11.2 Å². The molecule has 0 atom stereocenters. The Kier molecular flexibility index (Phi) is 4.56. The highest BCUT2D eigenvalue weighted by atomic mass is 32.2. The van der Waals surface area contributed by atoms with Gasteiger partial charge in [-0.2, -0.15) is 0 Å². The first kappa shape index (κ1) is 17.9. The normalized spacial score (nSPS) is 15.4. The van der Waals surface area contributed by atoms with Crippen molar-refractivity contribution >= 4 is 28.9 Å². The minimum atomic E-state index is -0.0289. The summed E-state index contributed by atoms with van der Waals surface area (Å²) in [4.78, 5) is 20.9. The van der Waals surface area contributed by atoms with E-state index in [0.29, 0.717) is 6.42 Å². The van der Waals surface area contributed by atoms with Crippen molar-refractivity contribution in [1.29, 1.82) is 0 Å². The highest BCUT2D eigenvalue weighted by Gasteiger charge is 2.35. The molecule has 1 aliphatic carbocycles. The largest absolute Gasteiger partial charge is 0.356 e. The van der Waals surface area contributed by atoms with Crippen molar-refractivity contribution in [1.82, 2.24) is 9.97 Å². The van der Waals surface area contributed by atoms with Crippen molar-refractivity contribution < 1.29 is 4.79 Å². The summed E-state index contributed by atoms with van der Waals surface area (Å²) in [6.07, 6.45) is 5.26. The topological polar surface area (TPSA) is 57.8 Å². The molecule has 5 heteroatoms. The van der Waals surface area contributed by atoms with Crippen LogP contribution >= 0.6 is 11.8 Å². The van der Waals surface area contributed by atoms with Crippen molar-refractivity contribution in [2.24, 2.45) is 5.41 Å². The Morgan fingerprint density at radius 2 is 1.93 bits per heavy atom. The molecular formula is C22H23N3OS. The van der Waals surface area contributed by atoms with Gasteiger partial charge in [-0.1, -0.05) is 32.0 Å². The maximum atomic E-state index is 13.0. The highest BCUT2D eigenvalue weighted by molar-refractivity contribution is 7.98. The van der Waals surface area contributed by atoms with E-state index >= 15 is 0 Å². The molecule has 0 radical (unpaired) electrons. The predicted octanol–water partition coefficient (Wildman–Crippen LogP) is 5.70. The van der Waals surface area contributed by atoms with Gasteiger partial charge < -0.3 is 10.3 Å². The molecule has 2 N–H and O–H groups in total. The number of ketones is 1. The second kappa shape index (κ2) is 6.89. The van der Waals surface area contributed by atoms with E-state index in [1.54, 1.807) is 11.8 Å². The first-order valence-corrected chi connectivity index (χ1v) is 10.3. The zero-order chi connectivity index (χ0) is 19.0. The van der Waals surface area contributed by atoms with Crippen LogP contribution in [0.4, 0.5) is 11.4 Å². The molecular weight excluding hydrogens is 354 g/mol. The zero-order valence-electron chi connectivity index (χ0n) is 15.8. The second-order valence-electron chi connectivity index (χ2n) is 7.75. The molecule has 0 amide bonds. The van der Waals surface area contributed by atoms with Crippen molar-refractivity contribution in [2.75, 3.05) is 11.6 Å². The van der Waals surface area contributed by atoms with Crippen molar-refractivity contribution in [3.63, 3.8) is 0 Å². The van der Waals surface area contributed by atoms with Crippen LogP contribution < -0.4 is 5.32 Å². The van der Waals surface area contributed by atoms with E-state index in [9.17, 15) is 4.79 Å². The number of benzene rings is 1. The first-order valence-electron chi connectivity index (χ1n) is 9.07. The van der Waals surface area contributed by atoms with E-state index in [4.69, 9.17) is 0 Å². The van der Waals surface area contributed by atoms with Crippen LogP contribution in [0.3, 0.4) is 0 Å². The number of thioether (sulfide) groups is 1. The third-order valence-electron chi connectivity index (χ3n) is 4.93. The number of carbonyl (C=O) groups is 1. The van der Waals surface area contributed by atoms with Gasteiger partial charge in [0.2, 0.25) is 0 Å². The molecule has 27 heavy (non-hydrogen) atoms. The minimum absolute atomic E-state index is 0.0289. The van der Waals surface area contributed by atoms with Crippen LogP contribution in [0.2, 0.25) is 0 Å². The van der Waals surface area contributed by atoms with E-state index < -0.39 is 0 Å². The quantitative estimate of drug-likeness (QED) is 0.573. The van der Waals surface area contributed by atoms with Gasteiger partial charge in [-0.05, 0) is 42.4 Å². The number of hydrogen-bond donors (Lipinski definition) is 2. The number of carbonyl (C=O) groups excluding carboxylic acids is 1. The average molecular weight is 378 g/mol. The zero-order valence-corrected chi connectivity index (χ0v) is 16.6. The van der Waals surface area contributed by atoms with E-state index in [1.165, 1.54) is 0 Å². The van der Waals surface area contributed by atoms with Gasteiger partial charge in [0, 0.05) is 29.6 Å². The van der Waals surface area contributed by atoms with Crippen LogP contribution in [0.25, 0.3) is 11.3 Å². The summed E-state index contributed by atoms with van der Waals surface area (Å²) < 4.78 is 0. The summed E-state index contributed by atoms with van der Waals surface area (Å²) in [6.45, 7) is 4.30. The van der Waals surface area contributed by atoms with Gasteiger partial charge >= 0.3 is 0 Å². The third kappa shape index (κ3) is 3.52. The van der Waals surface area contributed by atoms with Crippen molar-refractivity contribution in [3.05, 3.63) is 59.9 Å². The summed E-state index contributed by atoms with van der Waals surface area (Å²) in [5.74, 6) is 0.196. The number of nitrogens with one attached hydrogen (secondary N) is 2. The number of pyridine rings is 1. The standard InChI is InChI=1S/C22H23N3OS/c1-22(2)12-16-19(17(26)13-22)21(24-15-7-5-4-6-8-15)20(25-16)14-9-10-23-18(11-14)27-3/h4-11,24-25H,12-13H2,1-3H3. The van der Waals surface area contributed by atoms with Gasteiger partial charge in [0.1, 0.15) is 0 Å². The number of aromatic nitrogens is 2. The van der Waals surface area contributed by atoms with Crippen LogP contribution in [0.15, 0.2) is 53.7 Å². The second-order valence-corrected chi connectivity index (χ2v) is 8.57. The lowest BCUT2D eigenvalue weighted by molar-refractivity contribution is 0.0912. The van der Waals surface area contributed by atoms with Gasteiger partial charge in [0.05, 0.1) is 22.0 Å². The Labute approximate surface area is 163 Å². The van der Waals surface area contributed by atoms with E-state index in [1.807, 2.05) is 48.9 Å². The van der Waals surface area contributed by atoms with Crippen LogP contribution in [-0.4, -0.2) is 22.0 Å². The molecule has 2 heterocycles. The fourth-order valence-electron chi connectivity index (χ4n) is 3.74. The number of aromatic amines is 1. The van der Waals surface area contributed by atoms with Crippen molar-refractivity contribution in [3.8, 4) is 11.3 Å². The number of rotatable bonds is 4. The van der Waals surface area contributed by atoms with Crippen LogP contribution in [0, 0.1) is 5.41 Å². The molecule has 1 aromatic carbocycles. The fraction of sp³-hybridized carbons (Fsp3) is 0.273. The van der Waals surface area contributed by atoms with Gasteiger partial charge in [-0.25, -0.2) is 4.98 Å². The Bertz CT molecular complexity index is 992. The summed E-state index contributed by atoms with van der Waals surface area (Å²) in [7, 11) is 0. The predicted molar refractivity (Wildman–Crippen MR) is 112 cm³/mol. The number of anilines is 2. The molecule has 2 aromatic heterocycles. The molecule has 0 spiro atoms. The molecule has 4 rings (SSSR count). The maximum Gasteiger partial charge on any atom is 0.167 e. The number of nitrogens with zero attached hydrogens (tertiary/aromatic N) is 1. The Hall–Kier alpha value is -2.53.